The van der Waals surface area contributed by atoms with Gasteiger partial charge in [-0.3, -0.25) is 9.98 Å². The molecule has 9 heteroatoms. The second-order valence-corrected chi connectivity index (χ2v) is 9.12. The van der Waals surface area contributed by atoms with Gasteiger partial charge in [0.15, 0.2) is 0 Å². The van der Waals surface area contributed by atoms with E-state index in [1.54, 1.807) is 16.9 Å². The first-order valence-electron chi connectivity index (χ1n) is 11.4. The molecule has 3 aromatic heterocycles. The summed E-state index contributed by atoms with van der Waals surface area (Å²) in [6.45, 7) is 8.33. The van der Waals surface area contributed by atoms with E-state index in [0.717, 1.165) is 42.9 Å². The lowest BCUT2D eigenvalue weighted by molar-refractivity contribution is 0.239. The highest BCUT2D eigenvalue weighted by atomic mass is 16.5. The second-order valence-electron chi connectivity index (χ2n) is 9.12. The van der Waals surface area contributed by atoms with Crippen molar-refractivity contribution < 1.29 is 4.74 Å². The molecular weight excluding hydrogens is 428 g/mol. The van der Waals surface area contributed by atoms with Gasteiger partial charge in [0.05, 0.1) is 24.6 Å². The Morgan fingerprint density at radius 3 is 2.82 bits per heavy atom. The van der Waals surface area contributed by atoms with E-state index < -0.39 is 0 Å². The quantitative estimate of drug-likeness (QED) is 0.318. The number of hydrogen-bond acceptors (Lipinski definition) is 8. The average Bonchev–Trinajstić information content (AvgIpc) is 3.27. The molecule has 0 radical (unpaired) electrons. The van der Waals surface area contributed by atoms with E-state index in [4.69, 9.17) is 15.6 Å². The summed E-state index contributed by atoms with van der Waals surface area (Å²) in [5.74, 6) is 6.35. The second kappa shape index (κ2) is 10.0. The van der Waals surface area contributed by atoms with Crippen LogP contribution in [0.3, 0.4) is 0 Å². The molecule has 0 saturated carbocycles. The van der Waals surface area contributed by atoms with Crippen LogP contribution in [0.15, 0.2) is 52.9 Å². The maximum Gasteiger partial charge on any atom is 0.147 e. The molecule has 34 heavy (non-hydrogen) atoms. The predicted octanol–water partition coefficient (Wildman–Crippen LogP) is 2.83. The zero-order valence-corrected chi connectivity index (χ0v) is 19.8. The molecule has 3 N–H and O–H groups in total. The summed E-state index contributed by atoms with van der Waals surface area (Å²) in [7, 11) is 0. The minimum Gasteiger partial charge on any atom is -0.490 e. The molecule has 0 bridgehead atoms. The highest BCUT2D eigenvalue weighted by Crippen LogP contribution is 2.29. The number of pyridine rings is 2. The summed E-state index contributed by atoms with van der Waals surface area (Å²) in [5.41, 5.74) is 3.67. The standard InChI is InChI=1S/C25H30N8O/c1-17(31-20-7-10-28-11-8-20)23(32-27)18-12-21(24-19(13-26)14-30-33(24)15-18)34-16-25(2,3)22-6-4-5-9-29-22/h4-6,9,12,14-15,20,28H,7-8,10-11,16,27H2,1-3H3/b31-17?,32-23+. The fourth-order valence-electron chi connectivity index (χ4n) is 4.15. The summed E-state index contributed by atoms with van der Waals surface area (Å²) in [6.07, 6.45) is 7.08. The van der Waals surface area contributed by atoms with Crippen LogP contribution in [-0.4, -0.2) is 51.8 Å². The van der Waals surface area contributed by atoms with Crippen molar-refractivity contribution in [3.05, 3.63) is 59.7 Å². The van der Waals surface area contributed by atoms with Crippen molar-refractivity contribution in [1.82, 2.24) is 19.9 Å². The van der Waals surface area contributed by atoms with Gasteiger partial charge in [-0.1, -0.05) is 19.9 Å². The lowest BCUT2D eigenvalue weighted by atomic mass is 9.90. The van der Waals surface area contributed by atoms with E-state index in [1.807, 2.05) is 31.2 Å². The third-order valence-corrected chi connectivity index (χ3v) is 6.07. The van der Waals surface area contributed by atoms with Crippen LogP contribution < -0.4 is 15.9 Å². The Morgan fingerprint density at radius 1 is 1.35 bits per heavy atom. The molecule has 1 aliphatic heterocycles. The Labute approximate surface area is 199 Å². The van der Waals surface area contributed by atoms with Crippen LogP contribution >= 0.6 is 0 Å². The summed E-state index contributed by atoms with van der Waals surface area (Å²) in [6, 6.07) is 10.1. The van der Waals surface area contributed by atoms with Crippen molar-refractivity contribution in [2.75, 3.05) is 19.7 Å². The van der Waals surface area contributed by atoms with E-state index in [9.17, 15) is 5.26 Å². The van der Waals surface area contributed by atoms with Gasteiger partial charge >= 0.3 is 0 Å². The van der Waals surface area contributed by atoms with Crippen LogP contribution in [0.1, 0.15) is 50.4 Å². The van der Waals surface area contributed by atoms with Gasteiger partial charge in [0.1, 0.15) is 28.6 Å². The van der Waals surface area contributed by atoms with E-state index in [-0.39, 0.29) is 11.5 Å². The van der Waals surface area contributed by atoms with E-state index in [1.165, 1.54) is 6.20 Å². The van der Waals surface area contributed by atoms with Gasteiger partial charge < -0.3 is 15.9 Å². The molecule has 3 aromatic rings. The fraction of sp³-hybridized carbons (Fsp3) is 0.400. The monoisotopic (exact) mass is 458 g/mol. The van der Waals surface area contributed by atoms with Gasteiger partial charge in [0, 0.05) is 29.1 Å². The van der Waals surface area contributed by atoms with Crippen molar-refractivity contribution in [2.24, 2.45) is 15.9 Å². The number of nitrogens with two attached hydrogens (primary N) is 1. The zero-order valence-electron chi connectivity index (χ0n) is 19.8. The van der Waals surface area contributed by atoms with E-state index in [2.05, 4.69) is 40.4 Å². The molecule has 0 aromatic carbocycles. The number of aliphatic imine (C=N–C) groups is 1. The number of nitrogens with one attached hydrogen (secondary N) is 1. The molecule has 0 aliphatic carbocycles. The first-order valence-corrected chi connectivity index (χ1v) is 11.4. The predicted molar refractivity (Wildman–Crippen MR) is 132 cm³/mol. The highest BCUT2D eigenvalue weighted by molar-refractivity contribution is 6.47. The maximum absolute atomic E-state index is 9.61. The number of ether oxygens (including phenoxy) is 1. The van der Waals surface area contributed by atoms with Crippen LogP contribution in [0.5, 0.6) is 5.75 Å². The number of nitriles is 1. The number of hydrazone groups is 1. The smallest absolute Gasteiger partial charge is 0.147 e. The minimum atomic E-state index is -0.349. The summed E-state index contributed by atoms with van der Waals surface area (Å²) >= 11 is 0. The first-order chi connectivity index (χ1) is 16.4. The lowest BCUT2D eigenvalue weighted by Crippen LogP contribution is -2.31. The Bertz CT molecular complexity index is 1250. The molecule has 4 heterocycles. The maximum atomic E-state index is 9.61. The minimum absolute atomic E-state index is 0.242. The number of piperidine rings is 1. The summed E-state index contributed by atoms with van der Waals surface area (Å²) in [4.78, 5) is 9.36. The average molecular weight is 459 g/mol. The molecule has 0 spiro atoms. The zero-order chi connectivity index (χ0) is 24.1. The third kappa shape index (κ3) is 4.92. The third-order valence-electron chi connectivity index (χ3n) is 6.07. The number of hydrogen-bond donors (Lipinski definition) is 2. The van der Waals surface area contributed by atoms with Gasteiger partial charge in [-0.2, -0.15) is 15.5 Å². The number of fused-ring (bicyclic) bond motifs is 1. The van der Waals surface area contributed by atoms with Gasteiger partial charge in [-0.25, -0.2) is 4.52 Å². The number of rotatable bonds is 7. The fourth-order valence-corrected chi connectivity index (χ4v) is 4.15. The molecule has 176 valence electrons. The van der Waals surface area contributed by atoms with Crippen LogP contribution in [0.25, 0.3) is 5.52 Å². The molecule has 1 fully saturated rings. The molecule has 9 nitrogen and oxygen atoms in total. The van der Waals surface area contributed by atoms with Crippen LogP contribution in [0.4, 0.5) is 0 Å². The van der Waals surface area contributed by atoms with Crippen molar-refractivity contribution in [1.29, 1.82) is 5.26 Å². The van der Waals surface area contributed by atoms with Crippen LogP contribution in [-0.2, 0) is 5.41 Å². The topological polar surface area (TPSA) is 126 Å². The van der Waals surface area contributed by atoms with Crippen molar-refractivity contribution >= 4 is 16.9 Å². The SMILES string of the molecule is CC(=NC1CCNCC1)/C(=N\N)c1cc(OCC(C)(C)c2ccccn2)c2c(C#N)cnn2c1. The van der Waals surface area contributed by atoms with Gasteiger partial charge in [-0.15, -0.1) is 0 Å². The molecular formula is C25H30N8O. The van der Waals surface area contributed by atoms with E-state index in [0.29, 0.717) is 29.1 Å². The highest BCUT2D eigenvalue weighted by Gasteiger charge is 2.25. The van der Waals surface area contributed by atoms with Gasteiger partial charge in [0.25, 0.3) is 0 Å². The Morgan fingerprint density at radius 2 is 2.15 bits per heavy atom. The van der Waals surface area contributed by atoms with Crippen molar-refractivity contribution in [3.8, 4) is 11.8 Å². The van der Waals surface area contributed by atoms with Crippen molar-refractivity contribution in [2.45, 2.75) is 45.1 Å². The Hall–Kier alpha value is -3.77. The molecule has 1 saturated heterocycles. The molecule has 1 aliphatic rings. The van der Waals surface area contributed by atoms with Crippen molar-refractivity contribution in [3.63, 3.8) is 0 Å². The Kier molecular flexibility index (Phi) is 6.89. The molecule has 4 rings (SSSR count). The normalized spacial score (nSPS) is 15.9. The Balaban J connectivity index is 1.69. The lowest BCUT2D eigenvalue weighted by Gasteiger charge is -2.24. The number of aromatic nitrogens is 3. The van der Waals surface area contributed by atoms with Crippen LogP contribution in [0, 0.1) is 11.3 Å². The molecule has 0 unspecified atom stereocenters. The largest absolute Gasteiger partial charge is 0.490 e. The van der Waals surface area contributed by atoms with E-state index >= 15 is 0 Å². The summed E-state index contributed by atoms with van der Waals surface area (Å²) in [5, 5.41) is 21.4. The number of nitrogens with zero attached hydrogens (tertiary/aromatic N) is 6. The molecule has 0 atom stereocenters. The first kappa shape index (κ1) is 23.4. The molecule has 0 amide bonds. The summed E-state index contributed by atoms with van der Waals surface area (Å²) < 4.78 is 7.95. The van der Waals surface area contributed by atoms with Crippen LogP contribution in [0.2, 0.25) is 0 Å². The van der Waals surface area contributed by atoms with Gasteiger partial charge in [0.2, 0.25) is 0 Å². The van der Waals surface area contributed by atoms with Gasteiger partial charge in [-0.05, 0) is 51.1 Å².